The lowest BCUT2D eigenvalue weighted by Crippen LogP contribution is -2.54. The van der Waals surface area contributed by atoms with Crippen molar-refractivity contribution in [2.24, 2.45) is 5.73 Å². The topological polar surface area (TPSA) is 98.9 Å². The van der Waals surface area contributed by atoms with Crippen LogP contribution in [0.1, 0.15) is 50.7 Å². The SMILES string of the molecule is CC(=O)N1CCC(NC(=O)[C@H]2[C@H](c3cccc(Cl)c3F)[C@@](N)(c3ccc(Cl)cc3F)[C@@H](C)N2C(C)O)CC1. The van der Waals surface area contributed by atoms with E-state index in [1.54, 1.807) is 17.9 Å². The summed E-state index contributed by atoms with van der Waals surface area (Å²) in [5, 5.41) is 13.8. The monoisotopic (exact) mass is 568 g/mol. The molecule has 2 amide bonds. The highest BCUT2D eigenvalue weighted by Crippen LogP contribution is 2.52. The molecule has 5 atom stereocenters. The molecule has 7 nitrogen and oxygen atoms in total. The molecular weight excluding hydrogens is 537 g/mol. The summed E-state index contributed by atoms with van der Waals surface area (Å²) in [4.78, 5) is 28.9. The van der Waals surface area contributed by atoms with Crippen LogP contribution in [-0.4, -0.2) is 64.2 Å². The van der Waals surface area contributed by atoms with E-state index in [1.807, 2.05) is 0 Å². The Morgan fingerprint density at radius 1 is 1.18 bits per heavy atom. The Morgan fingerprint density at radius 2 is 1.84 bits per heavy atom. The molecule has 0 radical (unpaired) electrons. The zero-order valence-electron chi connectivity index (χ0n) is 21.4. The first kappa shape index (κ1) is 28.7. The number of piperidine rings is 1. The van der Waals surface area contributed by atoms with Crippen LogP contribution in [0.5, 0.6) is 0 Å². The van der Waals surface area contributed by atoms with Gasteiger partial charge in [-0.25, -0.2) is 8.78 Å². The fraction of sp³-hybridized carbons (Fsp3) is 0.481. The molecule has 2 aliphatic heterocycles. The maximum atomic E-state index is 15.6. The molecule has 1 unspecified atom stereocenters. The highest BCUT2D eigenvalue weighted by molar-refractivity contribution is 6.31. The van der Waals surface area contributed by atoms with Gasteiger partial charge in [0.15, 0.2) is 0 Å². The van der Waals surface area contributed by atoms with Crippen LogP contribution >= 0.6 is 23.2 Å². The van der Waals surface area contributed by atoms with Gasteiger partial charge in [-0.15, -0.1) is 0 Å². The van der Waals surface area contributed by atoms with Crippen molar-refractivity contribution in [2.45, 2.75) is 69.4 Å². The number of nitrogens with two attached hydrogens (primary N) is 1. The van der Waals surface area contributed by atoms with E-state index in [9.17, 15) is 14.7 Å². The normalized spacial score (nSPS) is 27.4. The van der Waals surface area contributed by atoms with Gasteiger partial charge in [0.05, 0.1) is 10.6 Å². The van der Waals surface area contributed by atoms with Crippen LogP contribution in [0.25, 0.3) is 0 Å². The molecular formula is C27H32Cl2F2N4O3. The van der Waals surface area contributed by atoms with Crippen molar-refractivity contribution in [2.75, 3.05) is 13.1 Å². The van der Waals surface area contributed by atoms with Gasteiger partial charge in [0.2, 0.25) is 11.8 Å². The van der Waals surface area contributed by atoms with Gasteiger partial charge in [-0.1, -0.05) is 41.4 Å². The molecule has 2 aromatic rings. The Bertz CT molecular complexity index is 1220. The molecule has 38 heavy (non-hydrogen) atoms. The number of carbonyl (C=O) groups excluding carboxylic acids is 2. The number of aliphatic hydroxyl groups excluding tert-OH is 1. The van der Waals surface area contributed by atoms with E-state index >= 15 is 8.78 Å². The highest BCUT2D eigenvalue weighted by atomic mass is 35.5. The number of hydrogen-bond acceptors (Lipinski definition) is 5. The zero-order chi connectivity index (χ0) is 27.9. The highest BCUT2D eigenvalue weighted by Gasteiger charge is 2.61. The molecule has 4 rings (SSSR count). The molecule has 4 N–H and O–H groups in total. The first-order valence-electron chi connectivity index (χ1n) is 12.6. The van der Waals surface area contributed by atoms with Gasteiger partial charge in [-0.3, -0.25) is 14.5 Å². The van der Waals surface area contributed by atoms with Crippen LogP contribution in [0.3, 0.4) is 0 Å². The number of nitrogens with one attached hydrogen (secondary N) is 1. The molecule has 2 fully saturated rings. The lowest BCUT2D eigenvalue weighted by Gasteiger charge is -2.37. The van der Waals surface area contributed by atoms with Crippen LogP contribution in [0.15, 0.2) is 36.4 Å². The van der Waals surface area contributed by atoms with Crippen molar-refractivity contribution in [1.82, 2.24) is 15.1 Å². The Morgan fingerprint density at radius 3 is 2.42 bits per heavy atom. The van der Waals surface area contributed by atoms with E-state index in [1.165, 1.54) is 43.0 Å². The van der Waals surface area contributed by atoms with Crippen molar-refractivity contribution in [1.29, 1.82) is 0 Å². The number of hydrogen-bond donors (Lipinski definition) is 3. The van der Waals surface area contributed by atoms with Crippen LogP contribution in [0, 0.1) is 11.6 Å². The van der Waals surface area contributed by atoms with Crippen molar-refractivity contribution in [3.05, 3.63) is 69.2 Å². The number of benzene rings is 2. The largest absolute Gasteiger partial charge is 0.379 e. The van der Waals surface area contributed by atoms with E-state index in [0.29, 0.717) is 25.9 Å². The van der Waals surface area contributed by atoms with Crippen molar-refractivity contribution in [3.63, 3.8) is 0 Å². The third-order valence-electron chi connectivity index (χ3n) is 7.99. The number of amides is 2. The molecule has 2 heterocycles. The fourth-order valence-electron chi connectivity index (χ4n) is 6.07. The molecule has 0 saturated carbocycles. The number of likely N-dealkylation sites (tertiary alicyclic amines) is 2. The Balaban J connectivity index is 1.82. The number of rotatable bonds is 5. The smallest absolute Gasteiger partial charge is 0.238 e. The van der Waals surface area contributed by atoms with Gasteiger partial charge >= 0.3 is 0 Å². The Kier molecular flexibility index (Phi) is 8.35. The average Bonchev–Trinajstić information content (AvgIpc) is 3.09. The maximum Gasteiger partial charge on any atom is 0.238 e. The van der Waals surface area contributed by atoms with E-state index < -0.39 is 47.3 Å². The van der Waals surface area contributed by atoms with E-state index in [4.69, 9.17) is 28.9 Å². The number of aliphatic hydroxyl groups is 1. The summed E-state index contributed by atoms with van der Waals surface area (Å²) >= 11 is 12.1. The number of nitrogens with zero attached hydrogens (tertiary/aromatic N) is 2. The lowest BCUT2D eigenvalue weighted by atomic mass is 9.71. The minimum Gasteiger partial charge on any atom is -0.379 e. The zero-order valence-corrected chi connectivity index (χ0v) is 22.9. The summed E-state index contributed by atoms with van der Waals surface area (Å²) in [5.74, 6) is -3.11. The third-order valence-corrected chi connectivity index (χ3v) is 8.52. The predicted octanol–water partition coefficient (Wildman–Crippen LogP) is 3.75. The molecule has 0 aliphatic carbocycles. The number of carbonyl (C=O) groups is 2. The molecule has 2 aromatic carbocycles. The third kappa shape index (κ3) is 5.02. The van der Waals surface area contributed by atoms with Gasteiger partial charge < -0.3 is 21.1 Å². The summed E-state index contributed by atoms with van der Waals surface area (Å²) in [6, 6.07) is 6.22. The van der Waals surface area contributed by atoms with Gasteiger partial charge in [0.25, 0.3) is 0 Å². The molecule has 206 valence electrons. The van der Waals surface area contributed by atoms with Gasteiger partial charge in [0.1, 0.15) is 23.9 Å². The molecule has 0 spiro atoms. The first-order chi connectivity index (χ1) is 17.9. The minimum absolute atomic E-state index is 0.0333. The molecule has 0 aromatic heterocycles. The summed E-state index contributed by atoms with van der Waals surface area (Å²) in [6.07, 6.45) is -0.0957. The second-order valence-corrected chi connectivity index (χ2v) is 11.0. The van der Waals surface area contributed by atoms with Crippen molar-refractivity contribution in [3.8, 4) is 0 Å². The summed E-state index contributed by atoms with van der Waals surface area (Å²) in [7, 11) is 0. The van der Waals surface area contributed by atoms with Crippen LogP contribution in [0.4, 0.5) is 8.78 Å². The molecule has 0 bridgehead atoms. The quantitative estimate of drug-likeness (QED) is 0.510. The van der Waals surface area contributed by atoms with E-state index in [-0.39, 0.29) is 33.1 Å². The van der Waals surface area contributed by atoms with Crippen LogP contribution in [0.2, 0.25) is 10.0 Å². The first-order valence-corrected chi connectivity index (χ1v) is 13.3. The lowest BCUT2D eigenvalue weighted by molar-refractivity contribution is -0.132. The van der Waals surface area contributed by atoms with Gasteiger partial charge in [-0.2, -0.15) is 0 Å². The van der Waals surface area contributed by atoms with E-state index in [0.717, 1.165) is 6.07 Å². The van der Waals surface area contributed by atoms with Crippen molar-refractivity contribution < 1.29 is 23.5 Å². The van der Waals surface area contributed by atoms with Crippen molar-refractivity contribution >= 4 is 35.0 Å². The number of halogens is 4. The molecule has 11 heteroatoms. The van der Waals surface area contributed by atoms with Crippen LogP contribution < -0.4 is 11.1 Å². The van der Waals surface area contributed by atoms with Gasteiger partial charge in [-0.05, 0) is 50.5 Å². The summed E-state index contributed by atoms with van der Waals surface area (Å²) < 4.78 is 31.0. The van der Waals surface area contributed by atoms with Crippen LogP contribution in [-0.2, 0) is 15.1 Å². The maximum absolute atomic E-state index is 15.6. The Labute approximate surface area is 230 Å². The predicted molar refractivity (Wildman–Crippen MR) is 142 cm³/mol. The minimum atomic E-state index is -1.66. The summed E-state index contributed by atoms with van der Waals surface area (Å²) in [5.41, 5.74) is 5.46. The summed E-state index contributed by atoms with van der Waals surface area (Å²) in [6.45, 7) is 5.64. The molecule has 2 saturated heterocycles. The van der Waals surface area contributed by atoms with E-state index in [2.05, 4.69) is 5.32 Å². The molecule has 2 aliphatic rings. The average molecular weight is 569 g/mol. The van der Waals surface area contributed by atoms with Gasteiger partial charge in [0, 0.05) is 48.6 Å². The fourth-order valence-corrected chi connectivity index (χ4v) is 6.41. The second kappa shape index (κ2) is 11.1. The second-order valence-electron chi connectivity index (χ2n) is 10.2. The standard InChI is InChI=1S/C27H32Cl2F2N4O3/c1-14-27(32,20-8-7-17(28)13-22(20)30)23(19-5-4-6-21(29)24(19)31)25(35(14)16(3)37)26(38)33-18-9-11-34(12-10-18)15(2)36/h4-8,13-14,16,18,23,25,37H,9-12,32H2,1-3H3,(H,33,38)/t14-,16?,23+,25-,27+/m1/s1. The Hall–Kier alpha value is -2.30.